The van der Waals surface area contributed by atoms with Gasteiger partial charge in [-0.2, -0.15) is 0 Å². The molecule has 1 aromatic heterocycles. The van der Waals surface area contributed by atoms with E-state index in [2.05, 4.69) is 4.98 Å². The number of rotatable bonds is 7. The molecule has 0 unspecified atom stereocenters. The summed E-state index contributed by atoms with van der Waals surface area (Å²) < 4.78 is 5.09. The lowest BCUT2D eigenvalue weighted by molar-refractivity contribution is 0.0946. The summed E-state index contributed by atoms with van der Waals surface area (Å²) in [6.07, 6.45) is 2.63. The fraction of sp³-hybridized carbons (Fsp3) is 0.294. The summed E-state index contributed by atoms with van der Waals surface area (Å²) in [5.41, 5.74) is 1.75. The van der Waals surface area contributed by atoms with Gasteiger partial charge in [0.2, 0.25) is 0 Å². The van der Waals surface area contributed by atoms with Crippen molar-refractivity contribution in [2.24, 2.45) is 0 Å². The van der Waals surface area contributed by atoms with Crippen molar-refractivity contribution in [3.8, 4) is 5.75 Å². The van der Waals surface area contributed by atoms with Crippen LogP contribution in [-0.4, -0.2) is 42.9 Å². The SMILES string of the molecule is COc1ccc(C(=O)CN(C)CCc2ccccn2)cc1. The van der Waals surface area contributed by atoms with Gasteiger partial charge in [0.1, 0.15) is 5.75 Å². The zero-order valence-corrected chi connectivity index (χ0v) is 12.5. The van der Waals surface area contributed by atoms with E-state index in [9.17, 15) is 4.79 Å². The number of carbonyl (C=O) groups excluding carboxylic acids is 1. The van der Waals surface area contributed by atoms with Crippen molar-refractivity contribution in [2.75, 3.05) is 27.2 Å². The van der Waals surface area contributed by atoms with Crippen LogP contribution in [0, 0.1) is 0 Å². The van der Waals surface area contributed by atoms with Gasteiger partial charge in [-0.3, -0.25) is 14.7 Å². The second kappa shape index (κ2) is 7.55. The molecule has 2 rings (SSSR count). The van der Waals surface area contributed by atoms with E-state index in [-0.39, 0.29) is 5.78 Å². The third kappa shape index (κ3) is 4.68. The fourth-order valence-electron chi connectivity index (χ4n) is 2.04. The molecule has 0 saturated heterocycles. The van der Waals surface area contributed by atoms with Crippen molar-refractivity contribution < 1.29 is 9.53 Å². The molecule has 0 fully saturated rings. The van der Waals surface area contributed by atoms with Crippen molar-refractivity contribution in [1.29, 1.82) is 0 Å². The molecule has 0 aliphatic rings. The first-order valence-corrected chi connectivity index (χ1v) is 6.95. The third-order valence-corrected chi connectivity index (χ3v) is 3.30. The monoisotopic (exact) mass is 284 g/mol. The number of carbonyl (C=O) groups is 1. The molecule has 0 aliphatic heterocycles. The highest BCUT2D eigenvalue weighted by Gasteiger charge is 2.09. The van der Waals surface area contributed by atoms with Crippen molar-refractivity contribution in [3.05, 3.63) is 59.9 Å². The van der Waals surface area contributed by atoms with Gasteiger partial charge in [0, 0.05) is 30.4 Å². The minimum atomic E-state index is 0.112. The van der Waals surface area contributed by atoms with Crippen LogP contribution in [0.1, 0.15) is 16.1 Å². The van der Waals surface area contributed by atoms with E-state index in [1.165, 1.54) is 0 Å². The van der Waals surface area contributed by atoms with Crippen LogP contribution >= 0.6 is 0 Å². The van der Waals surface area contributed by atoms with Gasteiger partial charge in [-0.05, 0) is 43.4 Å². The highest BCUT2D eigenvalue weighted by Crippen LogP contribution is 2.12. The maximum absolute atomic E-state index is 12.2. The predicted octanol–water partition coefficient (Wildman–Crippen LogP) is 2.45. The molecule has 0 spiro atoms. The number of Topliss-reactive ketones (excluding diaryl/α,β-unsaturated/α-hetero) is 1. The topological polar surface area (TPSA) is 42.4 Å². The van der Waals surface area contributed by atoms with Crippen LogP contribution in [0.3, 0.4) is 0 Å². The van der Waals surface area contributed by atoms with Gasteiger partial charge in [-0.25, -0.2) is 0 Å². The molecule has 2 aromatic rings. The molecule has 21 heavy (non-hydrogen) atoms. The van der Waals surface area contributed by atoms with Crippen LogP contribution in [0.4, 0.5) is 0 Å². The highest BCUT2D eigenvalue weighted by molar-refractivity contribution is 5.97. The van der Waals surface area contributed by atoms with Crippen molar-refractivity contribution >= 4 is 5.78 Å². The molecule has 0 bridgehead atoms. The minimum Gasteiger partial charge on any atom is -0.497 e. The van der Waals surface area contributed by atoms with Gasteiger partial charge in [0.15, 0.2) is 5.78 Å². The summed E-state index contributed by atoms with van der Waals surface area (Å²) in [7, 11) is 3.56. The van der Waals surface area contributed by atoms with Crippen LogP contribution in [0.25, 0.3) is 0 Å². The van der Waals surface area contributed by atoms with E-state index < -0.39 is 0 Å². The number of methoxy groups -OCH3 is 1. The first-order chi connectivity index (χ1) is 10.2. The lowest BCUT2D eigenvalue weighted by Crippen LogP contribution is -2.28. The minimum absolute atomic E-state index is 0.112. The van der Waals surface area contributed by atoms with E-state index in [1.807, 2.05) is 30.1 Å². The summed E-state index contributed by atoms with van der Waals surface area (Å²) in [6.45, 7) is 1.21. The molecule has 1 aromatic carbocycles. The molecule has 4 heteroatoms. The Bertz CT molecular complexity index is 567. The molecule has 0 atom stereocenters. The van der Waals surface area contributed by atoms with Gasteiger partial charge in [-0.1, -0.05) is 6.07 Å². The molecule has 0 amide bonds. The Labute approximate surface area is 125 Å². The van der Waals surface area contributed by atoms with E-state index in [1.54, 1.807) is 37.6 Å². The van der Waals surface area contributed by atoms with Crippen LogP contribution in [0.5, 0.6) is 5.75 Å². The molecular formula is C17H20N2O2. The summed E-state index contributed by atoms with van der Waals surface area (Å²) in [6, 6.07) is 13.1. The van der Waals surface area contributed by atoms with Crippen LogP contribution in [0.15, 0.2) is 48.7 Å². The summed E-state index contributed by atoms with van der Waals surface area (Å²) in [4.78, 5) is 18.5. The van der Waals surface area contributed by atoms with Crippen molar-refractivity contribution in [1.82, 2.24) is 9.88 Å². The van der Waals surface area contributed by atoms with E-state index >= 15 is 0 Å². The molecule has 0 radical (unpaired) electrons. The fourth-order valence-corrected chi connectivity index (χ4v) is 2.04. The molecular weight excluding hydrogens is 264 g/mol. The summed E-state index contributed by atoms with van der Waals surface area (Å²) in [5, 5.41) is 0. The number of hydrogen-bond donors (Lipinski definition) is 0. The Morgan fingerprint density at radius 2 is 1.95 bits per heavy atom. The Morgan fingerprint density at radius 3 is 2.57 bits per heavy atom. The van der Waals surface area contributed by atoms with Gasteiger partial charge in [0.05, 0.1) is 13.7 Å². The zero-order chi connectivity index (χ0) is 15.1. The number of ether oxygens (including phenoxy) is 1. The largest absolute Gasteiger partial charge is 0.497 e. The van der Waals surface area contributed by atoms with Crippen molar-refractivity contribution in [3.63, 3.8) is 0 Å². The van der Waals surface area contributed by atoms with E-state index in [4.69, 9.17) is 4.74 Å². The predicted molar refractivity (Wildman–Crippen MR) is 82.8 cm³/mol. The zero-order valence-electron chi connectivity index (χ0n) is 12.5. The summed E-state index contributed by atoms with van der Waals surface area (Å²) in [5.74, 6) is 0.872. The maximum atomic E-state index is 12.2. The second-order valence-electron chi connectivity index (χ2n) is 4.96. The summed E-state index contributed by atoms with van der Waals surface area (Å²) >= 11 is 0. The second-order valence-corrected chi connectivity index (χ2v) is 4.96. The lowest BCUT2D eigenvalue weighted by Gasteiger charge is -2.15. The van der Waals surface area contributed by atoms with Crippen molar-refractivity contribution in [2.45, 2.75) is 6.42 Å². The average Bonchev–Trinajstić information content (AvgIpc) is 2.54. The van der Waals surface area contributed by atoms with Crippen LogP contribution in [0.2, 0.25) is 0 Å². The standard InChI is InChI=1S/C17H20N2O2/c1-19(12-10-15-5-3-4-11-18-15)13-17(20)14-6-8-16(21-2)9-7-14/h3-9,11H,10,12-13H2,1-2H3. The number of benzene rings is 1. The number of nitrogens with zero attached hydrogens (tertiary/aromatic N) is 2. The average molecular weight is 284 g/mol. The molecule has 4 nitrogen and oxygen atoms in total. The number of ketones is 1. The number of pyridine rings is 1. The van der Waals surface area contributed by atoms with E-state index in [0.29, 0.717) is 12.1 Å². The first-order valence-electron chi connectivity index (χ1n) is 6.95. The number of likely N-dealkylation sites (N-methyl/N-ethyl adjacent to an activating group) is 1. The Hall–Kier alpha value is -2.20. The quantitative estimate of drug-likeness (QED) is 0.732. The molecule has 1 heterocycles. The molecule has 0 saturated carbocycles. The smallest absolute Gasteiger partial charge is 0.176 e. The lowest BCUT2D eigenvalue weighted by atomic mass is 10.1. The molecule has 0 N–H and O–H groups in total. The van der Waals surface area contributed by atoms with Gasteiger partial charge in [0.25, 0.3) is 0 Å². The van der Waals surface area contributed by atoms with Gasteiger partial charge in [-0.15, -0.1) is 0 Å². The maximum Gasteiger partial charge on any atom is 0.176 e. The van der Waals surface area contributed by atoms with E-state index in [0.717, 1.165) is 24.4 Å². The molecule has 0 aliphatic carbocycles. The highest BCUT2D eigenvalue weighted by atomic mass is 16.5. The Kier molecular flexibility index (Phi) is 5.46. The first kappa shape index (κ1) is 15.2. The third-order valence-electron chi connectivity index (χ3n) is 3.30. The van der Waals surface area contributed by atoms with Gasteiger partial charge < -0.3 is 4.74 Å². The number of aromatic nitrogens is 1. The Morgan fingerprint density at radius 1 is 1.19 bits per heavy atom. The normalized spacial score (nSPS) is 10.6. The van der Waals surface area contributed by atoms with Crippen LogP contribution in [-0.2, 0) is 6.42 Å². The van der Waals surface area contributed by atoms with Crippen LogP contribution < -0.4 is 4.74 Å². The van der Waals surface area contributed by atoms with Gasteiger partial charge >= 0.3 is 0 Å². The Balaban J connectivity index is 1.83. The number of hydrogen-bond acceptors (Lipinski definition) is 4. The molecule has 110 valence electrons.